The smallest absolute Gasteiger partial charge is 0.244 e. The fourth-order valence-corrected chi connectivity index (χ4v) is 6.08. The summed E-state index contributed by atoms with van der Waals surface area (Å²) >= 11 is 1.83. The van der Waals surface area contributed by atoms with Crippen molar-refractivity contribution in [3.05, 3.63) is 45.6 Å². The summed E-state index contributed by atoms with van der Waals surface area (Å²) < 4.78 is 17.0. The van der Waals surface area contributed by atoms with Crippen LogP contribution in [0.3, 0.4) is 0 Å². The maximum Gasteiger partial charge on any atom is 0.244 e. The monoisotopic (exact) mass is 541 g/mol. The molecule has 2 aromatic carbocycles. The molecule has 1 saturated heterocycles. The molecule has 10 heteroatoms. The molecule has 2 N–H and O–H groups in total. The van der Waals surface area contributed by atoms with Crippen LogP contribution < -0.4 is 30.3 Å². The van der Waals surface area contributed by atoms with Gasteiger partial charge >= 0.3 is 0 Å². The van der Waals surface area contributed by atoms with Gasteiger partial charge in [0.1, 0.15) is 6.04 Å². The number of rotatable bonds is 7. The highest BCUT2D eigenvalue weighted by Gasteiger charge is 2.30. The van der Waals surface area contributed by atoms with Crippen LogP contribution in [0.15, 0.2) is 29.1 Å². The molecule has 0 spiro atoms. The maximum absolute atomic E-state index is 13.5. The van der Waals surface area contributed by atoms with Crippen molar-refractivity contribution >= 4 is 29.3 Å². The van der Waals surface area contributed by atoms with Crippen molar-refractivity contribution in [2.24, 2.45) is 0 Å². The second-order valence-corrected chi connectivity index (χ2v) is 10.6. The summed E-state index contributed by atoms with van der Waals surface area (Å²) in [5.74, 6) is 3.09. The highest BCUT2D eigenvalue weighted by Crippen LogP contribution is 2.50. The van der Waals surface area contributed by atoms with Crippen LogP contribution in [0.5, 0.6) is 17.2 Å². The molecule has 1 fully saturated rings. The Morgan fingerprint density at radius 3 is 2.39 bits per heavy atom. The summed E-state index contributed by atoms with van der Waals surface area (Å²) in [7, 11) is 4.68. The molecule has 2 atom stereocenters. The number of methoxy groups -OCH3 is 3. The summed E-state index contributed by atoms with van der Waals surface area (Å²) in [6.07, 6.45) is 1.20. The van der Waals surface area contributed by atoms with Gasteiger partial charge in [-0.1, -0.05) is 6.07 Å². The first-order chi connectivity index (χ1) is 18.3. The van der Waals surface area contributed by atoms with Crippen LogP contribution in [0.2, 0.25) is 0 Å². The van der Waals surface area contributed by atoms with E-state index in [9.17, 15) is 14.4 Å². The molecule has 2 aromatic rings. The van der Waals surface area contributed by atoms with Gasteiger partial charge in [0, 0.05) is 37.1 Å². The van der Waals surface area contributed by atoms with E-state index in [-0.39, 0.29) is 17.2 Å². The van der Waals surface area contributed by atoms with E-state index in [1.165, 1.54) is 6.92 Å². The Bertz CT molecular complexity index is 1280. The first-order valence-corrected chi connectivity index (χ1v) is 13.8. The molecule has 2 amide bonds. The quantitative estimate of drug-likeness (QED) is 0.551. The normalized spacial score (nSPS) is 17.3. The van der Waals surface area contributed by atoms with Crippen LogP contribution in [0.1, 0.15) is 37.4 Å². The summed E-state index contributed by atoms with van der Waals surface area (Å²) in [5.41, 5.74) is 3.20. The number of nitrogens with zero attached hydrogens (tertiary/aromatic N) is 1. The van der Waals surface area contributed by atoms with Gasteiger partial charge < -0.3 is 29.7 Å². The van der Waals surface area contributed by atoms with Gasteiger partial charge in [0.25, 0.3) is 0 Å². The lowest BCUT2D eigenvalue weighted by atomic mass is 9.95. The SMILES string of the molecule is COc1cc2c(c(OC)c1OC)-c1ccc(N[C@@H](C)C(=O)N3CCSCC3)c(=O)cc1[C@H](NC(C)=O)CC2. The second-order valence-electron chi connectivity index (χ2n) is 9.40. The Balaban J connectivity index is 1.84. The predicted molar refractivity (Wildman–Crippen MR) is 150 cm³/mol. The molecule has 204 valence electrons. The first kappa shape index (κ1) is 27.6. The number of carbonyl (C=O) groups is 2. The zero-order chi connectivity index (χ0) is 27.4. The van der Waals surface area contributed by atoms with Crippen molar-refractivity contribution in [3.8, 4) is 28.4 Å². The molecule has 4 rings (SSSR count). The van der Waals surface area contributed by atoms with E-state index in [2.05, 4.69) is 10.6 Å². The minimum Gasteiger partial charge on any atom is -0.493 e. The Labute approximate surface area is 227 Å². The third kappa shape index (κ3) is 5.55. The number of amides is 2. The van der Waals surface area contributed by atoms with E-state index < -0.39 is 12.1 Å². The van der Waals surface area contributed by atoms with Gasteiger partial charge in [0.05, 0.1) is 33.1 Å². The fraction of sp³-hybridized carbons (Fsp3) is 0.464. The first-order valence-electron chi connectivity index (χ1n) is 12.7. The topological polar surface area (TPSA) is 106 Å². The van der Waals surface area contributed by atoms with Gasteiger partial charge in [-0.2, -0.15) is 11.8 Å². The van der Waals surface area contributed by atoms with Crippen molar-refractivity contribution in [3.63, 3.8) is 0 Å². The number of aryl methyl sites for hydroxylation is 1. The zero-order valence-corrected chi connectivity index (χ0v) is 23.3. The van der Waals surface area contributed by atoms with E-state index in [4.69, 9.17) is 14.2 Å². The van der Waals surface area contributed by atoms with Crippen LogP contribution in [-0.4, -0.2) is 68.7 Å². The zero-order valence-electron chi connectivity index (χ0n) is 22.5. The molecular formula is C28H35N3O6S. The van der Waals surface area contributed by atoms with Gasteiger partial charge in [-0.3, -0.25) is 14.4 Å². The third-order valence-corrected chi connectivity index (χ3v) is 7.92. The Morgan fingerprint density at radius 2 is 1.76 bits per heavy atom. The van der Waals surface area contributed by atoms with Crippen LogP contribution in [0.4, 0.5) is 5.69 Å². The largest absolute Gasteiger partial charge is 0.493 e. The lowest BCUT2D eigenvalue weighted by Crippen LogP contribution is -2.45. The molecule has 0 unspecified atom stereocenters. The molecule has 0 radical (unpaired) electrons. The lowest BCUT2D eigenvalue weighted by Gasteiger charge is -2.29. The van der Waals surface area contributed by atoms with Gasteiger partial charge in [0.15, 0.2) is 11.5 Å². The van der Waals surface area contributed by atoms with Crippen molar-refractivity contribution in [2.45, 2.75) is 38.8 Å². The average molecular weight is 542 g/mol. The van der Waals surface area contributed by atoms with Gasteiger partial charge in [0.2, 0.25) is 23.0 Å². The number of hydrogen-bond donors (Lipinski definition) is 2. The summed E-state index contributed by atoms with van der Waals surface area (Å²) in [6, 6.07) is 6.06. The molecule has 0 bridgehead atoms. The highest BCUT2D eigenvalue weighted by molar-refractivity contribution is 7.99. The lowest BCUT2D eigenvalue weighted by molar-refractivity contribution is -0.131. The summed E-state index contributed by atoms with van der Waals surface area (Å²) in [5, 5.41) is 6.15. The van der Waals surface area contributed by atoms with Crippen molar-refractivity contribution in [2.75, 3.05) is 51.2 Å². The maximum atomic E-state index is 13.5. The molecule has 0 saturated carbocycles. The molecule has 0 aromatic heterocycles. The van der Waals surface area contributed by atoms with E-state index in [0.29, 0.717) is 54.4 Å². The van der Waals surface area contributed by atoms with E-state index >= 15 is 0 Å². The molecule has 1 aliphatic heterocycles. The molecule has 2 aliphatic rings. The Kier molecular flexibility index (Phi) is 8.71. The van der Waals surface area contributed by atoms with Gasteiger partial charge in [-0.05, 0) is 54.7 Å². The van der Waals surface area contributed by atoms with Crippen LogP contribution in [0.25, 0.3) is 11.1 Å². The number of benzene rings is 1. The van der Waals surface area contributed by atoms with Gasteiger partial charge in [-0.25, -0.2) is 0 Å². The van der Waals surface area contributed by atoms with Crippen molar-refractivity contribution in [1.82, 2.24) is 10.2 Å². The summed E-state index contributed by atoms with van der Waals surface area (Å²) in [4.78, 5) is 40.4. The minimum atomic E-state index is -0.565. The minimum absolute atomic E-state index is 0.0299. The number of thioether (sulfide) groups is 1. The molecule has 1 heterocycles. The molecule has 1 aliphatic carbocycles. The van der Waals surface area contributed by atoms with Crippen molar-refractivity contribution in [1.29, 1.82) is 0 Å². The van der Waals surface area contributed by atoms with Crippen LogP contribution >= 0.6 is 11.8 Å². The third-order valence-electron chi connectivity index (χ3n) is 6.98. The number of ether oxygens (including phenoxy) is 3. The molecule has 9 nitrogen and oxygen atoms in total. The number of fused-ring (bicyclic) bond motifs is 3. The van der Waals surface area contributed by atoms with E-state index in [1.54, 1.807) is 40.4 Å². The Morgan fingerprint density at radius 1 is 1.05 bits per heavy atom. The number of anilines is 1. The number of hydrogen-bond acceptors (Lipinski definition) is 8. The fourth-order valence-electron chi connectivity index (χ4n) is 5.18. The average Bonchev–Trinajstić information content (AvgIpc) is 3.16. The predicted octanol–water partition coefficient (Wildman–Crippen LogP) is 3.24. The van der Waals surface area contributed by atoms with E-state index in [0.717, 1.165) is 28.2 Å². The van der Waals surface area contributed by atoms with Crippen molar-refractivity contribution < 1.29 is 23.8 Å². The van der Waals surface area contributed by atoms with Gasteiger partial charge in [-0.15, -0.1) is 0 Å². The molecular weight excluding hydrogens is 506 g/mol. The highest BCUT2D eigenvalue weighted by atomic mass is 32.2. The number of nitrogens with one attached hydrogen (secondary N) is 2. The summed E-state index contributed by atoms with van der Waals surface area (Å²) in [6.45, 7) is 4.65. The van der Waals surface area contributed by atoms with Crippen LogP contribution in [0, 0.1) is 0 Å². The van der Waals surface area contributed by atoms with Crippen LogP contribution in [-0.2, 0) is 16.0 Å². The standard InChI is InChI=1S/C28H35N3O6S/c1-16(28(34)31-10-12-38-13-11-31)29-22-9-7-19-20(15-23(22)33)21(30-17(2)32)8-6-18-14-24(35-3)26(36-4)27(37-5)25(18)19/h7,9,14-16,21H,6,8,10-13H2,1-5H3,(H,29,33)(H,30,32)/t16-,21+/m0/s1. The van der Waals surface area contributed by atoms with E-state index in [1.807, 2.05) is 28.8 Å². The second kappa shape index (κ2) is 12.0. The Hall–Kier alpha value is -3.40. The number of carbonyl (C=O) groups excluding carboxylic acids is 2. The molecule has 38 heavy (non-hydrogen) atoms.